The summed E-state index contributed by atoms with van der Waals surface area (Å²) in [5.41, 5.74) is 0. The largest absolute Gasteiger partial charge is 0.394 e. The molecule has 19 heteroatoms. The molecule has 17 unspecified atom stereocenters. The maximum Gasteiger partial charge on any atom is 0.220 e. The fourth-order valence-corrected chi connectivity index (χ4v) is 12.2. The molecule has 0 aromatic rings. The van der Waals surface area contributed by atoms with Gasteiger partial charge < -0.3 is 89.9 Å². The lowest BCUT2D eigenvalue weighted by Crippen LogP contribution is -2.66. The Balaban J connectivity index is 1.41. The van der Waals surface area contributed by atoms with Crippen molar-refractivity contribution in [3.05, 3.63) is 24.3 Å². The van der Waals surface area contributed by atoms with Crippen molar-refractivity contribution >= 4 is 5.91 Å². The van der Waals surface area contributed by atoms with Gasteiger partial charge in [0.25, 0.3) is 0 Å². The van der Waals surface area contributed by atoms with Gasteiger partial charge in [-0.15, -0.1) is 0 Å². The van der Waals surface area contributed by atoms with E-state index in [-0.39, 0.29) is 18.9 Å². The zero-order chi connectivity index (χ0) is 64.0. The number of hydrogen-bond donors (Lipinski definition) is 12. The normalized spacial score (nSPS) is 28.5. The fourth-order valence-electron chi connectivity index (χ4n) is 12.2. The number of nitrogens with one attached hydrogen (secondary N) is 1. The number of aliphatic hydroxyl groups is 11. The molecule has 3 rings (SSSR count). The predicted molar refractivity (Wildman–Crippen MR) is 342 cm³/mol. The molecule has 17 atom stereocenters. The van der Waals surface area contributed by atoms with E-state index in [2.05, 4.69) is 43.5 Å². The van der Waals surface area contributed by atoms with Crippen LogP contribution in [0.5, 0.6) is 0 Å². The Hall–Kier alpha value is -1.73. The summed E-state index contributed by atoms with van der Waals surface area (Å²) in [6.07, 6.45) is 31.2. The van der Waals surface area contributed by atoms with E-state index in [1.54, 1.807) is 0 Å². The quantitative estimate of drug-likeness (QED) is 0.0199. The van der Waals surface area contributed by atoms with Gasteiger partial charge in [-0.05, 0) is 44.9 Å². The summed E-state index contributed by atoms with van der Waals surface area (Å²) in [6, 6.07) is -0.894. The maximum absolute atomic E-state index is 13.4. The minimum absolute atomic E-state index is 0.252. The molecule has 0 aromatic heterocycles. The second kappa shape index (κ2) is 51.7. The second-order valence-electron chi connectivity index (χ2n) is 25.7. The molecule has 1 amide bonds. The number of carbonyl (C=O) groups excluding carboxylic acids is 1. The number of unbranched alkanes of at least 4 members (excludes halogenated alkanes) is 35. The molecule has 0 radical (unpaired) electrons. The van der Waals surface area contributed by atoms with E-state index in [4.69, 9.17) is 28.4 Å². The number of hydrogen-bond acceptors (Lipinski definition) is 18. The second-order valence-corrected chi connectivity index (χ2v) is 25.7. The van der Waals surface area contributed by atoms with Gasteiger partial charge in [-0.25, -0.2) is 0 Å². The third-order valence-electron chi connectivity index (χ3n) is 18.0. The van der Waals surface area contributed by atoms with Gasteiger partial charge in [-0.2, -0.15) is 0 Å². The molecule has 0 saturated carbocycles. The highest BCUT2D eigenvalue weighted by Gasteiger charge is 2.53. The summed E-state index contributed by atoms with van der Waals surface area (Å²) in [7, 11) is 0. The Morgan fingerprint density at radius 3 is 1.17 bits per heavy atom. The van der Waals surface area contributed by atoms with Crippen LogP contribution in [0.1, 0.15) is 277 Å². The fraction of sp³-hybridized carbons (Fsp3) is 0.928. The Bertz CT molecular complexity index is 1690. The van der Waals surface area contributed by atoms with Crippen LogP contribution in [0.4, 0.5) is 0 Å². The van der Waals surface area contributed by atoms with Crippen molar-refractivity contribution in [3.8, 4) is 0 Å². The lowest BCUT2D eigenvalue weighted by atomic mass is 9.96. The molecule has 3 aliphatic heterocycles. The summed E-state index contributed by atoms with van der Waals surface area (Å²) < 4.78 is 34.4. The molecule has 0 spiro atoms. The first-order valence-electron chi connectivity index (χ1n) is 35.6. The van der Waals surface area contributed by atoms with E-state index >= 15 is 0 Å². The van der Waals surface area contributed by atoms with Crippen LogP contribution in [0, 0.1) is 0 Å². The van der Waals surface area contributed by atoms with Gasteiger partial charge in [0.2, 0.25) is 5.91 Å². The van der Waals surface area contributed by atoms with Gasteiger partial charge >= 0.3 is 0 Å². The van der Waals surface area contributed by atoms with E-state index in [0.29, 0.717) is 12.8 Å². The molecule has 3 aliphatic rings. The van der Waals surface area contributed by atoms with Crippen LogP contribution in [0.15, 0.2) is 24.3 Å². The Kier molecular flexibility index (Phi) is 47.3. The molecule has 3 fully saturated rings. The number of rotatable bonds is 55. The van der Waals surface area contributed by atoms with Crippen LogP contribution in [0.3, 0.4) is 0 Å². The highest BCUT2D eigenvalue weighted by atomic mass is 16.8. The van der Waals surface area contributed by atoms with E-state index < -0.39 is 124 Å². The first-order chi connectivity index (χ1) is 42.8. The van der Waals surface area contributed by atoms with Crippen molar-refractivity contribution in [3.63, 3.8) is 0 Å². The highest BCUT2D eigenvalue weighted by molar-refractivity contribution is 5.76. The van der Waals surface area contributed by atoms with Crippen molar-refractivity contribution in [2.24, 2.45) is 0 Å². The lowest BCUT2D eigenvalue weighted by molar-refractivity contribution is -0.379. The summed E-state index contributed by atoms with van der Waals surface area (Å²) >= 11 is 0. The van der Waals surface area contributed by atoms with Crippen LogP contribution in [-0.2, 0) is 33.2 Å². The minimum Gasteiger partial charge on any atom is -0.394 e. The Morgan fingerprint density at radius 2 is 0.750 bits per heavy atom. The minimum atomic E-state index is -1.97. The predicted octanol–water partition coefficient (Wildman–Crippen LogP) is 9.44. The molecule has 3 heterocycles. The SMILES string of the molecule is CCCCCC/C=C\C/C=C\CCCCCCCC(=O)NC(COC1OC(CO)C(OC2OC(CO)C(OC3OC(CO)C(O)C(O)C3O)C(O)C2O)C(O)C1O)C(O)CCCCCCCCCCCCCCCCCCCCCCCCCCCCC. The van der Waals surface area contributed by atoms with Gasteiger partial charge in [0, 0.05) is 6.42 Å². The van der Waals surface area contributed by atoms with Gasteiger partial charge in [-0.1, -0.05) is 250 Å². The zero-order valence-corrected chi connectivity index (χ0v) is 54.7. The molecular formula is C69H129NO18. The first-order valence-corrected chi connectivity index (χ1v) is 35.6. The number of ether oxygens (including phenoxy) is 6. The summed E-state index contributed by atoms with van der Waals surface area (Å²) in [5, 5.41) is 121. The third-order valence-corrected chi connectivity index (χ3v) is 18.0. The third kappa shape index (κ3) is 33.4. The van der Waals surface area contributed by atoms with Crippen molar-refractivity contribution < 1.29 is 89.4 Å². The molecule has 518 valence electrons. The molecule has 12 N–H and O–H groups in total. The summed E-state index contributed by atoms with van der Waals surface area (Å²) in [4.78, 5) is 13.4. The molecule has 0 aromatic carbocycles. The number of allylic oxidation sites excluding steroid dienone is 4. The van der Waals surface area contributed by atoms with Crippen LogP contribution < -0.4 is 5.32 Å². The van der Waals surface area contributed by atoms with Crippen LogP contribution in [0.25, 0.3) is 0 Å². The topological polar surface area (TPSA) is 307 Å². The van der Waals surface area contributed by atoms with Gasteiger partial charge in [0.15, 0.2) is 18.9 Å². The molecule has 0 bridgehead atoms. The van der Waals surface area contributed by atoms with Crippen molar-refractivity contribution in [2.45, 2.75) is 381 Å². The molecule has 0 aliphatic carbocycles. The van der Waals surface area contributed by atoms with Gasteiger partial charge in [0.05, 0.1) is 38.6 Å². The summed E-state index contributed by atoms with van der Waals surface area (Å²) in [5.74, 6) is -0.253. The first kappa shape index (κ1) is 80.5. The van der Waals surface area contributed by atoms with E-state index in [0.717, 1.165) is 70.6 Å². The number of amides is 1. The van der Waals surface area contributed by atoms with Crippen molar-refractivity contribution in [2.75, 3.05) is 26.4 Å². The Labute approximate surface area is 530 Å². The summed E-state index contributed by atoms with van der Waals surface area (Å²) in [6.45, 7) is 1.80. The van der Waals surface area contributed by atoms with Crippen LogP contribution in [-0.4, -0.2) is 193 Å². The Morgan fingerprint density at radius 1 is 0.409 bits per heavy atom. The number of carbonyl (C=O) groups is 1. The highest BCUT2D eigenvalue weighted by Crippen LogP contribution is 2.33. The maximum atomic E-state index is 13.4. The zero-order valence-electron chi connectivity index (χ0n) is 54.7. The standard InChI is InChI=1S/C69H129NO18/c1-3-5-7-9-11-13-15-17-19-21-22-23-24-25-26-27-28-29-30-31-32-34-36-38-40-42-44-46-53(74)52(70-57(75)47-45-43-41-39-37-35-33-20-18-16-14-12-10-8-6-4-2)51-83-67-63(81)60(78)65(55(49-72)85-67)88-69-64(82)61(79)66(56(50-73)86-69)87-68-62(80)59(77)58(76)54(48-71)84-68/h14,16,20,33,52-56,58-69,71-74,76-82H,3-13,15,17-19,21-32,34-51H2,1-2H3,(H,70,75)/b16-14-,33-20-. The van der Waals surface area contributed by atoms with Crippen LogP contribution >= 0.6 is 0 Å². The average molecular weight is 1260 g/mol. The lowest BCUT2D eigenvalue weighted by Gasteiger charge is -2.48. The van der Waals surface area contributed by atoms with Gasteiger partial charge in [-0.3, -0.25) is 4.79 Å². The van der Waals surface area contributed by atoms with Crippen molar-refractivity contribution in [1.82, 2.24) is 5.32 Å². The van der Waals surface area contributed by atoms with Crippen molar-refractivity contribution in [1.29, 1.82) is 0 Å². The monoisotopic (exact) mass is 1260 g/mol. The van der Waals surface area contributed by atoms with Crippen LogP contribution in [0.2, 0.25) is 0 Å². The smallest absolute Gasteiger partial charge is 0.220 e. The van der Waals surface area contributed by atoms with E-state index in [9.17, 15) is 61.0 Å². The molecule has 3 saturated heterocycles. The molecule has 88 heavy (non-hydrogen) atoms. The van der Waals surface area contributed by atoms with Gasteiger partial charge in [0.1, 0.15) is 73.2 Å². The average Bonchev–Trinajstić information content (AvgIpc) is 3.72. The molecular weight excluding hydrogens is 1130 g/mol. The number of aliphatic hydroxyl groups excluding tert-OH is 11. The molecule has 19 nitrogen and oxygen atoms in total. The van der Waals surface area contributed by atoms with E-state index in [1.807, 2.05) is 0 Å². The van der Waals surface area contributed by atoms with E-state index in [1.165, 1.54) is 173 Å².